The van der Waals surface area contributed by atoms with Crippen molar-refractivity contribution in [2.45, 2.75) is 24.6 Å². The van der Waals surface area contributed by atoms with Gasteiger partial charge in [-0.1, -0.05) is 0 Å². The zero-order chi connectivity index (χ0) is 8.43. The molecular formula is C6H12O5. The highest BCUT2D eigenvalue weighted by Crippen LogP contribution is 2.15. The summed E-state index contributed by atoms with van der Waals surface area (Å²) in [7, 11) is 1.36. The first-order valence-electron chi connectivity index (χ1n) is 3.35. The van der Waals surface area contributed by atoms with Crippen LogP contribution in [0.3, 0.4) is 0 Å². The fourth-order valence-electron chi connectivity index (χ4n) is 0.987. The lowest BCUT2D eigenvalue weighted by Crippen LogP contribution is -2.53. The number of ether oxygens (including phenoxy) is 2. The summed E-state index contributed by atoms with van der Waals surface area (Å²) in [5, 5.41) is 27.2. The highest BCUT2D eigenvalue weighted by atomic mass is 16.7. The molecule has 1 saturated heterocycles. The van der Waals surface area contributed by atoms with Crippen molar-refractivity contribution in [3.05, 3.63) is 0 Å². The number of aliphatic hydroxyl groups excluding tert-OH is 3. The molecule has 11 heavy (non-hydrogen) atoms. The molecule has 0 saturated carbocycles. The van der Waals surface area contributed by atoms with Crippen molar-refractivity contribution < 1.29 is 24.8 Å². The van der Waals surface area contributed by atoms with E-state index in [0.29, 0.717) is 0 Å². The third-order valence-corrected chi connectivity index (χ3v) is 1.69. The van der Waals surface area contributed by atoms with E-state index in [9.17, 15) is 0 Å². The molecule has 0 radical (unpaired) electrons. The Morgan fingerprint density at radius 2 is 1.91 bits per heavy atom. The molecule has 0 bridgehead atoms. The molecule has 0 aliphatic carbocycles. The summed E-state index contributed by atoms with van der Waals surface area (Å²) in [4.78, 5) is 0. The largest absolute Gasteiger partial charge is 0.388 e. The summed E-state index contributed by atoms with van der Waals surface area (Å²) in [5.41, 5.74) is 0. The molecule has 1 aliphatic rings. The molecule has 0 aromatic carbocycles. The van der Waals surface area contributed by atoms with Crippen LogP contribution in [0.5, 0.6) is 0 Å². The lowest BCUT2D eigenvalue weighted by Gasteiger charge is -2.33. The Labute approximate surface area is 64.2 Å². The Balaban J connectivity index is 2.52. The summed E-state index contributed by atoms with van der Waals surface area (Å²) in [6.45, 7) is -0.0171. The number of methoxy groups -OCH3 is 1. The van der Waals surface area contributed by atoms with Gasteiger partial charge in [0.15, 0.2) is 6.29 Å². The topological polar surface area (TPSA) is 79.2 Å². The van der Waals surface area contributed by atoms with E-state index in [2.05, 4.69) is 4.74 Å². The quantitative estimate of drug-likeness (QED) is 0.420. The van der Waals surface area contributed by atoms with E-state index >= 15 is 0 Å². The van der Waals surface area contributed by atoms with Gasteiger partial charge in [-0.05, 0) is 0 Å². The fraction of sp³-hybridized carbons (Fsp3) is 1.00. The van der Waals surface area contributed by atoms with Gasteiger partial charge in [-0.15, -0.1) is 0 Å². The molecule has 1 aliphatic heterocycles. The van der Waals surface area contributed by atoms with Gasteiger partial charge >= 0.3 is 0 Å². The summed E-state index contributed by atoms with van der Waals surface area (Å²) in [6.07, 6.45) is -4.23. The van der Waals surface area contributed by atoms with Crippen LogP contribution in [0.25, 0.3) is 0 Å². The van der Waals surface area contributed by atoms with Crippen molar-refractivity contribution >= 4 is 0 Å². The number of rotatable bonds is 1. The van der Waals surface area contributed by atoms with Crippen LogP contribution in [0.15, 0.2) is 0 Å². The van der Waals surface area contributed by atoms with Crippen LogP contribution in [0.1, 0.15) is 0 Å². The van der Waals surface area contributed by atoms with Gasteiger partial charge in [0.2, 0.25) is 0 Å². The Morgan fingerprint density at radius 3 is 2.45 bits per heavy atom. The van der Waals surface area contributed by atoms with Gasteiger partial charge in [0.1, 0.15) is 18.3 Å². The summed E-state index contributed by atoms with van der Waals surface area (Å²) in [5.74, 6) is 0. The average Bonchev–Trinajstić information content (AvgIpc) is 2.01. The molecule has 66 valence electrons. The normalized spacial score (nSPS) is 45.8. The second-order valence-electron chi connectivity index (χ2n) is 2.49. The molecule has 0 aromatic rings. The Morgan fingerprint density at radius 1 is 1.27 bits per heavy atom. The van der Waals surface area contributed by atoms with E-state index in [-0.39, 0.29) is 6.61 Å². The van der Waals surface area contributed by atoms with Crippen molar-refractivity contribution in [3.63, 3.8) is 0 Å². The predicted octanol–water partition coefficient (Wildman–Crippen LogP) is -1.93. The average molecular weight is 164 g/mol. The second-order valence-corrected chi connectivity index (χ2v) is 2.49. The zero-order valence-corrected chi connectivity index (χ0v) is 6.17. The second kappa shape index (κ2) is 3.46. The monoisotopic (exact) mass is 164 g/mol. The fourth-order valence-corrected chi connectivity index (χ4v) is 0.987. The van der Waals surface area contributed by atoms with Crippen molar-refractivity contribution in [2.75, 3.05) is 13.7 Å². The van der Waals surface area contributed by atoms with E-state index in [4.69, 9.17) is 20.1 Å². The minimum Gasteiger partial charge on any atom is -0.388 e. The SMILES string of the molecule is CO[C@@H]1OC[C@@H](O)[C@@H](O)[C@@H]1O. The van der Waals surface area contributed by atoms with Crippen LogP contribution in [-0.2, 0) is 9.47 Å². The highest BCUT2D eigenvalue weighted by molar-refractivity contribution is 4.81. The molecular weight excluding hydrogens is 152 g/mol. The third-order valence-electron chi connectivity index (χ3n) is 1.69. The summed E-state index contributed by atoms with van der Waals surface area (Å²) in [6, 6.07) is 0. The van der Waals surface area contributed by atoms with Gasteiger partial charge in [-0.3, -0.25) is 0 Å². The maximum atomic E-state index is 9.15. The Bertz CT molecular complexity index is 126. The number of hydrogen-bond acceptors (Lipinski definition) is 5. The third kappa shape index (κ3) is 1.69. The van der Waals surface area contributed by atoms with Crippen molar-refractivity contribution in [1.82, 2.24) is 0 Å². The standard InChI is InChI=1S/C6H12O5/c1-10-6-5(9)4(8)3(7)2-11-6/h3-9H,2H2,1H3/t3-,4-,5+,6-/m1/s1. The van der Waals surface area contributed by atoms with Crippen molar-refractivity contribution in [2.24, 2.45) is 0 Å². The maximum Gasteiger partial charge on any atom is 0.185 e. The Hall–Kier alpha value is -0.200. The molecule has 0 aromatic heterocycles. The van der Waals surface area contributed by atoms with Crippen LogP contribution in [0, 0.1) is 0 Å². The molecule has 1 heterocycles. The molecule has 0 unspecified atom stereocenters. The molecule has 5 nitrogen and oxygen atoms in total. The van der Waals surface area contributed by atoms with Gasteiger partial charge in [0, 0.05) is 7.11 Å². The summed E-state index contributed by atoms with van der Waals surface area (Å²) >= 11 is 0. The maximum absolute atomic E-state index is 9.15. The van der Waals surface area contributed by atoms with E-state index in [0.717, 1.165) is 0 Å². The van der Waals surface area contributed by atoms with Gasteiger partial charge in [0.05, 0.1) is 6.61 Å². The van der Waals surface area contributed by atoms with E-state index < -0.39 is 24.6 Å². The molecule has 3 N–H and O–H groups in total. The lowest BCUT2D eigenvalue weighted by atomic mass is 10.1. The van der Waals surface area contributed by atoms with Gasteiger partial charge < -0.3 is 24.8 Å². The number of hydrogen-bond donors (Lipinski definition) is 3. The van der Waals surface area contributed by atoms with Crippen LogP contribution in [0.4, 0.5) is 0 Å². The first-order chi connectivity index (χ1) is 5.16. The predicted molar refractivity (Wildman–Crippen MR) is 34.8 cm³/mol. The Kier molecular flexibility index (Phi) is 2.80. The molecule has 5 heteroatoms. The zero-order valence-electron chi connectivity index (χ0n) is 6.17. The van der Waals surface area contributed by atoms with Crippen LogP contribution >= 0.6 is 0 Å². The number of aliphatic hydroxyl groups is 3. The molecule has 0 amide bonds. The van der Waals surface area contributed by atoms with E-state index in [1.54, 1.807) is 0 Å². The highest BCUT2D eigenvalue weighted by Gasteiger charge is 2.37. The van der Waals surface area contributed by atoms with Crippen LogP contribution in [0.2, 0.25) is 0 Å². The molecule has 0 spiro atoms. The molecule has 1 fully saturated rings. The smallest absolute Gasteiger partial charge is 0.185 e. The molecule has 4 atom stereocenters. The van der Waals surface area contributed by atoms with Crippen LogP contribution < -0.4 is 0 Å². The van der Waals surface area contributed by atoms with Crippen LogP contribution in [-0.4, -0.2) is 53.6 Å². The van der Waals surface area contributed by atoms with Gasteiger partial charge in [0.25, 0.3) is 0 Å². The van der Waals surface area contributed by atoms with Crippen molar-refractivity contribution in [1.29, 1.82) is 0 Å². The first-order valence-corrected chi connectivity index (χ1v) is 3.35. The first kappa shape index (κ1) is 8.89. The van der Waals surface area contributed by atoms with E-state index in [1.165, 1.54) is 7.11 Å². The van der Waals surface area contributed by atoms with Gasteiger partial charge in [-0.25, -0.2) is 0 Å². The summed E-state index contributed by atoms with van der Waals surface area (Å²) < 4.78 is 9.52. The van der Waals surface area contributed by atoms with E-state index in [1.807, 2.05) is 0 Å². The molecule has 1 rings (SSSR count). The van der Waals surface area contributed by atoms with Crippen molar-refractivity contribution in [3.8, 4) is 0 Å². The minimum atomic E-state index is -1.19. The lowest BCUT2D eigenvalue weighted by molar-refractivity contribution is -0.261. The minimum absolute atomic E-state index is 0.0171. The van der Waals surface area contributed by atoms with Gasteiger partial charge in [-0.2, -0.15) is 0 Å².